The van der Waals surface area contributed by atoms with Crippen molar-refractivity contribution < 1.29 is 4.74 Å². The summed E-state index contributed by atoms with van der Waals surface area (Å²) in [6.45, 7) is 2.21. The minimum absolute atomic E-state index is 0. The number of hydrogen-bond donors (Lipinski definition) is 1. The summed E-state index contributed by atoms with van der Waals surface area (Å²) < 4.78 is 5.50. The van der Waals surface area contributed by atoms with Crippen LogP contribution in [-0.2, 0) is 0 Å². The van der Waals surface area contributed by atoms with Crippen LogP contribution in [0.3, 0.4) is 0 Å². The third-order valence-electron chi connectivity index (χ3n) is 3.64. The lowest BCUT2D eigenvalue weighted by Crippen LogP contribution is -2.12. The molecule has 2 rings (SSSR count). The third kappa shape index (κ3) is 3.65. The molecule has 0 heterocycles. The van der Waals surface area contributed by atoms with E-state index >= 15 is 0 Å². The van der Waals surface area contributed by atoms with E-state index in [-0.39, 0.29) is 18.4 Å². The van der Waals surface area contributed by atoms with Gasteiger partial charge < -0.3 is 10.5 Å². The Hall–Kier alpha value is -1.25. The van der Waals surface area contributed by atoms with Gasteiger partial charge in [0.05, 0.1) is 7.11 Å². The number of hydrogen-bond acceptors (Lipinski definition) is 2. The molecule has 110 valence electrons. The highest BCUT2D eigenvalue weighted by Crippen LogP contribution is 2.34. The molecule has 3 heteroatoms. The number of fused-ring (bicyclic) bond motifs is 1. The molecule has 0 aliphatic rings. The zero-order chi connectivity index (χ0) is 13.7. The molecule has 20 heavy (non-hydrogen) atoms. The van der Waals surface area contributed by atoms with Crippen LogP contribution in [0.1, 0.15) is 44.2 Å². The molecule has 0 fully saturated rings. The molecule has 1 atom stereocenters. The number of halogens is 1. The van der Waals surface area contributed by atoms with Gasteiger partial charge in [-0.2, -0.15) is 0 Å². The van der Waals surface area contributed by atoms with Crippen LogP contribution in [0.15, 0.2) is 36.4 Å². The van der Waals surface area contributed by atoms with Crippen molar-refractivity contribution in [2.24, 2.45) is 5.73 Å². The van der Waals surface area contributed by atoms with E-state index in [0.29, 0.717) is 0 Å². The van der Waals surface area contributed by atoms with Crippen LogP contribution in [0.25, 0.3) is 10.8 Å². The molecule has 0 aromatic heterocycles. The minimum Gasteiger partial charge on any atom is -0.496 e. The normalized spacial score (nSPS) is 11.9. The van der Waals surface area contributed by atoms with Crippen molar-refractivity contribution in [1.82, 2.24) is 0 Å². The predicted molar refractivity (Wildman–Crippen MR) is 88.8 cm³/mol. The zero-order valence-electron chi connectivity index (χ0n) is 12.3. The number of benzene rings is 2. The van der Waals surface area contributed by atoms with Crippen LogP contribution in [-0.4, -0.2) is 7.11 Å². The summed E-state index contributed by atoms with van der Waals surface area (Å²) in [7, 11) is 1.71. The summed E-state index contributed by atoms with van der Waals surface area (Å²) >= 11 is 0. The van der Waals surface area contributed by atoms with E-state index in [1.54, 1.807) is 7.11 Å². The number of ether oxygens (including phenoxy) is 1. The average Bonchev–Trinajstić information content (AvgIpc) is 2.46. The first kappa shape index (κ1) is 16.8. The molecule has 2 aromatic carbocycles. The van der Waals surface area contributed by atoms with Gasteiger partial charge >= 0.3 is 0 Å². The molecule has 2 N–H and O–H groups in total. The molecule has 0 spiro atoms. The fourth-order valence-corrected chi connectivity index (χ4v) is 2.59. The van der Waals surface area contributed by atoms with E-state index < -0.39 is 0 Å². The standard InChI is InChI=1S/C17H23NO.ClH/c1-3-4-5-10-15(18)17-14-9-7-6-8-13(14)11-12-16(17)19-2;/h6-9,11-12,15H,3-5,10,18H2,1-2H3;1H/t15-;/m1./s1. The Morgan fingerprint density at radius 1 is 1.10 bits per heavy atom. The van der Waals surface area contributed by atoms with Gasteiger partial charge in [-0.05, 0) is 23.3 Å². The van der Waals surface area contributed by atoms with E-state index in [1.807, 2.05) is 6.07 Å². The molecule has 2 nitrogen and oxygen atoms in total. The summed E-state index contributed by atoms with van der Waals surface area (Å²) in [5.74, 6) is 0.905. The SMILES string of the molecule is CCCCC[C@@H](N)c1c(OC)ccc2ccccc12.Cl. The number of rotatable bonds is 6. The third-order valence-corrected chi connectivity index (χ3v) is 3.64. The van der Waals surface area contributed by atoms with Crippen LogP contribution in [0.4, 0.5) is 0 Å². The molecule has 0 bridgehead atoms. The molecule has 0 aliphatic heterocycles. The van der Waals surface area contributed by atoms with Crippen LogP contribution in [0.2, 0.25) is 0 Å². The van der Waals surface area contributed by atoms with Gasteiger partial charge in [-0.3, -0.25) is 0 Å². The van der Waals surface area contributed by atoms with Crippen molar-refractivity contribution in [3.63, 3.8) is 0 Å². The van der Waals surface area contributed by atoms with E-state index in [0.717, 1.165) is 17.7 Å². The monoisotopic (exact) mass is 293 g/mol. The fourth-order valence-electron chi connectivity index (χ4n) is 2.59. The summed E-state index contributed by atoms with van der Waals surface area (Å²) in [4.78, 5) is 0. The van der Waals surface area contributed by atoms with Crippen molar-refractivity contribution in [1.29, 1.82) is 0 Å². The second-order valence-corrected chi connectivity index (χ2v) is 5.00. The number of unbranched alkanes of at least 4 members (excludes halogenated alkanes) is 2. The van der Waals surface area contributed by atoms with E-state index in [9.17, 15) is 0 Å². The zero-order valence-corrected chi connectivity index (χ0v) is 13.1. The fraction of sp³-hybridized carbons (Fsp3) is 0.412. The van der Waals surface area contributed by atoms with Crippen LogP contribution >= 0.6 is 12.4 Å². The number of methoxy groups -OCH3 is 1. The second-order valence-electron chi connectivity index (χ2n) is 5.00. The summed E-state index contributed by atoms with van der Waals surface area (Å²) in [6, 6.07) is 12.5. The maximum atomic E-state index is 6.40. The molecule has 0 saturated carbocycles. The van der Waals surface area contributed by atoms with Gasteiger partial charge in [0, 0.05) is 11.6 Å². The van der Waals surface area contributed by atoms with Gasteiger partial charge in [0.1, 0.15) is 5.75 Å². The molecule has 0 unspecified atom stereocenters. The Labute approximate surface area is 127 Å². The second kappa shape index (κ2) is 8.13. The topological polar surface area (TPSA) is 35.2 Å². The average molecular weight is 294 g/mol. The molecule has 0 amide bonds. The van der Waals surface area contributed by atoms with Crippen molar-refractivity contribution in [2.45, 2.75) is 38.6 Å². The lowest BCUT2D eigenvalue weighted by atomic mass is 9.94. The van der Waals surface area contributed by atoms with Gasteiger partial charge in [-0.1, -0.05) is 56.5 Å². The van der Waals surface area contributed by atoms with Gasteiger partial charge in [0.2, 0.25) is 0 Å². The molecular formula is C17H24ClNO. The summed E-state index contributed by atoms with van der Waals surface area (Å²) in [5.41, 5.74) is 7.55. The Kier molecular flexibility index (Phi) is 6.83. The van der Waals surface area contributed by atoms with Crippen molar-refractivity contribution >= 4 is 23.2 Å². The Bertz CT molecular complexity index is 542. The molecule has 0 aliphatic carbocycles. The van der Waals surface area contributed by atoms with Crippen molar-refractivity contribution in [3.8, 4) is 5.75 Å². The molecule has 0 saturated heterocycles. The van der Waals surface area contributed by atoms with Crippen molar-refractivity contribution in [3.05, 3.63) is 42.0 Å². The van der Waals surface area contributed by atoms with Gasteiger partial charge in [0.25, 0.3) is 0 Å². The van der Waals surface area contributed by atoms with E-state index in [1.165, 1.54) is 30.0 Å². The van der Waals surface area contributed by atoms with Gasteiger partial charge in [-0.15, -0.1) is 12.4 Å². The molecule has 0 radical (unpaired) electrons. The van der Waals surface area contributed by atoms with Crippen LogP contribution in [0.5, 0.6) is 5.75 Å². The predicted octanol–water partition coefficient (Wildman–Crippen LogP) is 4.85. The highest BCUT2D eigenvalue weighted by molar-refractivity contribution is 5.88. The summed E-state index contributed by atoms with van der Waals surface area (Å²) in [6.07, 6.45) is 4.64. The number of nitrogens with two attached hydrogens (primary N) is 1. The van der Waals surface area contributed by atoms with Gasteiger partial charge in [-0.25, -0.2) is 0 Å². The van der Waals surface area contributed by atoms with E-state index in [4.69, 9.17) is 10.5 Å². The minimum atomic E-state index is 0. The Morgan fingerprint density at radius 2 is 1.85 bits per heavy atom. The molecule has 2 aromatic rings. The summed E-state index contributed by atoms with van der Waals surface area (Å²) in [5, 5.41) is 2.44. The maximum absolute atomic E-state index is 6.40. The Balaban J connectivity index is 0.00000200. The van der Waals surface area contributed by atoms with E-state index in [2.05, 4.69) is 37.3 Å². The smallest absolute Gasteiger partial charge is 0.124 e. The largest absolute Gasteiger partial charge is 0.496 e. The van der Waals surface area contributed by atoms with Gasteiger partial charge in [0.15, 0.2) is 0 Å². The highest BCUT2D eigenvalue weighted by atomic mass is 35.5. The van der Waals surface area contributed by atoms with Crippen LogP contribution < -0.4 is 10.5 Å². The maximum Gasteiger partial charge on any atom is 0.124 e. The quantitative estimate of drug-likeness (QED) is 0.773. The first-order valence-electron chi connectivity index (χ1n) is 7.09. The first-order valence-corrected chi connectivity index (χ1v) is 7.09. The lowest BCUT2D eigenvalue weighted by Gasteiger charge is -2.18. The first-order chi connectivity index (χ1) is 9.27. The Morgan fingerprint density at radius 3 is 2.55 bits per heavy atom. The lowest BCUT2D eigenvalue weighted by molar-refractivity contribution is 0.404. The highest BCUT2D eigenvalue weighted by Gasteiger charge is 2.15. The van der Waals surface area contributed by atoms with Crippen molar-refractivity contribution in [2.75, 3.05) is 7.11 Å². The van der Waals surface area contributed by atoms with Crippen LogP contribution in [0, 0.1) is 0 Å². The molecular weight excluding hydrogens is 270 g/mol.